The first-order valence-electron chi connectivity index (χ1n) is 11.1. The van der Waals surface area contributed by atoms with E-state index in [1.165, 1.54) is 23.1 Å². The molecule has 1 N–H and O–H groups in total. The van der Waals surface area contributed by atoms with E-state index in [9.17, 15) is 19.1 Å². The number of benzene rings is 3. The number of anilines is 1. The predicted octanol–water partition coefficient (Wildman–Crippen LogP) is 5.93. The van der Waals surface area contributed by atoms with Crippen LogP contribution < -0.4 is 9.64 Å². The van der Waals surface area contributed by atoms with Crippen molar-refractivity contribution in [3.8, 4) is 5.75 Å². The number of aromatic nitrogens is 1. The molecule has 1 fully saturated rings. The van der Waals surface area contributed by atoms with Gasteiger partial charge in [0.15, 0.2) is 5.13 Å². The topological polar surface area (TPSA) is 79.7 Å². The van der Waals surface area contributed by atoms with Crippen molar-refractivity contribution in [1.82, 2.24) is 4.98 Å². The van der Waals surface area contributed by atoms with Crippen LogP contribution in [-0.2, 0) is 9.59 Å². The third-order valence-corrected chi connectivity index (χ3v) is 6.87. The Bertz CT molecular complexity index is 1540. The van der Waals surface area contributed by atoms with Crippen molar-refractivity contribution in [2.24, 2.45) is 0 Å². The van der Waals surface area contributed by atoms with E-state index in [1.807, 2.05) is 19.1 Å². The number of carbonyl (C=O) groups excluding carboxylic acids is 2. The van der Waals surface area contributed by atoms with E-state index in [0.29, 0.717) is 27.1 Å². The van der Waals surface area contributed by atoms with Crippen molar-refractivity contribution in [3.05, 3.63) is 107 Å². The normalized spacial score (nSPS) is 17.1. The summed E-state index contributed by atoms with van der Waals surface area (Å²) in [6.07, 6.45) is 1.61. The first kappa shape index (κ1) is 23.4. The Kier molecular flexibility index (Phi) is 6.12. The fraction of sp³-hybridized carbons (Fsp3) is 0.107. The average Bonchev–Trinajstić information content (AvgIpc) is 3.40. The summed E-state index contributed by atoms with van der Waals surface area (Å²) in [5.74, 6) is -1.86. The number of aryl methyl sites for hydroxylation is 1. The number of ketones is 1. The number of nitrogens with zero attached hydrogens (tertiary/aromatic N) is 2. The number of aliphatic hydroxyl groups excluding tert-OH is 1. The fourth-order valence-corrected chi connectivity index (χ4v) is 5.15. The van der Waals surface area contributed by atoms with E-state index in [2.05, 4.69) is 11.6 Å². The van der Waals surface area contributed by atoms with Crippen LogP contribution in [0, 0.1) is 12.7 Å². The molecule has 1 atom stereocenters. The van der Waals surface area contributed by atoms with Crippen LogP contribution in [-0.4, -0.2) is 28.4 Å². The molecule has 1 unspecified atom stereocenters. The number of hydrogen-bond acceptors (Lipinski definition) is 6. The summed E-state index contributed by atoms with van der Waals surface area (Å²) in [4.78, 5) is 32.5. The smallest absolute Gasteiger partial charge is 0.301 e. The molecule has 5 rings (SSSR count). The second-order valence-corrected chi connectivity index (χ2v) is 9.32. The highest BCUT2D eigenvalue weighted by molar-refractivity contribution is 7.22. The molecule has 1 aromatic heterocycles. The van der Waals surface area contributed by atoms with Gasteiger partial charge >= 0.3 is 5.91 Å². The van der Waals surface area contributed by atoms with E-state index < -0.39 is 23.5 Å². The fourth-order valence-electron chi connectivity index (χ4n) is 4.13. The Hall–Kier alpha value is -4.30. The summed E-state index contributed by atoms with van der Waals surface area (Å²) < 4.78 is 20.0. The van der Waals surface area contributed by atoms with Gasteiger partial charge < -0.3 is 9.84 Å². The molecule has 3 aromatic carbocycles. The third-order valence-electron chi connectivity index (χ3n) is 5.86. The second-order valence-electron chi connectivity index (χ2n) is 8.32. The zero-order valence-corrected chi connectivity index (χ0v) is 20.1. The van der Waals surface area contributed by atoms with Crippen molar-refractivity contribution < 1.29 is 23.8 Å². The number of aliphatic hydroxyl groups is 1. The van der Waals surface area contributed by atoms with E-state index in [0.717, 1.165) is 16.9 Å². The number of Topliss-reactive ketones (excluding diaryl/α,β-unsaturated/α-hetero) is 1. The summed E-state index contributed by atoms with van der Waals surface area (Å²) in [5, 5.41) is 11.5. The lowest BCUT2D eigenvalue weighted by molar-refractivity contribution is -0.132. The van der Waals surface area contributed by atoms with Gasteiger partial charge in [-0.15, -0.1) is 0 Å². The van der Waals surface area contributed by atoms with Crippen molar-refractivity contribution in [2.75, 3.05) is 11.5 Å². The van der Waals surface area contributed by atoms with Crippen LogP contribution in [0.15, 0.2) is 85.0 Å². The lowest BCUT2D eigenvalue weighted by Gasteiger charge is -2.23. The minimum absolute atomic E-state index is 0.0600. The SMILES string of the molecule is C=CCOc1cccc(C2C(=C(O)c3ccc(C)cc3)C(=O)C(=O)N2c2nc3ccc(F)cc3s2)c1. The largest absolute Gasteiger partial charge is 0.507 e. The average molecular weight is 501 g/mol. The Morgan fingerprint density at radius 1 is 1.17 bits per heavy atom. The predicted molar refractivity (Wildman–Crippen MR) is 138 cm³/mol. The number of carbonyl (C=O) groups is 2. The van der Waals surface area contributed by atoms with Gasteiger partial charge in [0, 0.05) is 5.56 Å². The molecule has 1 aliphatic heterocycles. The second kappa shape index (κ2) is 9.39. The van der Waals surface area contributed by atoms with Crippen molar-refractivity contribution in [3.63, 3.8) is 0 Å². The maximum atomic E-state index is 13.8. The van der Waals surface area contributed by atoms with Gasteiger partial charge in [0.05, 0.1) is 21.8 Å². The van der Waals surface area contributed by atoms with Crippen molar-refractivity contribution in [1.29, 1.82) is 0 Å². The molecule has 0 aliphatic carbocycles. The summed E-state index contributed by atoms with van der Waals surface area (Å²) in [6.45, 7) is 5.84. The van der Waals surface area contributed by atoms with Gasteiger partial charge in [-0.1, -0.05) is 66.0 Å². The maximum absolute atomic E-state index is 13.8. The van der Waals surface area contributed by atoms with Gasteiger partial charge in [-0.3, -0.25) is 14.5 Å². The molecule has 1 amide bonds. The lowest BCUT2D eigenvalue weighted by Crippen LogP contribution is -2.29. The summed E-state index contributed by atoms with van der Waals surface area (Å²) >= 11 is 1.10. The molecular formula is C28H21FN2O4S. The summed E-state index contributed by atoms with van der Waals surface area (Å²) in [7, 11) is 0. The van der Waals surface area contributed by atoms with Crippen LogP contribution in [0.1, 0.15) is 22.7 Å². The van der Waals surface area contributed by atoms with Crippen LogP contribution >= 0.6 is 11.3 Å². The maximum Gasteiger partial charge on any atom is 0.301 e. The molecule has 8 heteroatoms. The van der Waals surface area contributed by atoms with Gasteiger partial charge in [-0.2, -0.15) is 0 Å². The quantitative estimate of drug-likeness (QED) is 0.154. The summed E-state index contributed by atoms with van der Waals surface area (Å²) in [5.41, 5.74) is 2.38. The third kappa shape index (κ3) is 4.16. The van der Waals surface area contributed by atoms with Crippen LogP contribution in [0.2, 0.25) is 0 Å². The van der Waals surface area contributed by atoms with Crippen LogP contribution in [0.4, 0.5) is 9.52 Å². The van der Waals surface area contributed by atoms with E-state index in [1.54, 1.807) is 42.5 Å². The highest BCUT2D eigenvalue weighted by Gasteiger charge is 2.48. The molecule has 0 radical (unpaired) electrons. The first-order chi connectivity index (χ1) is 17.4. The monoisotopic (exact) mass is 500 g/mol. The Morgan fingerprint density at radius 2 is 1.94 bits per heavy atom. The number of amides is 1. The molecule has 4 aromatic rings. The molecule has 6 nitrogen and oxygen atoms in total. The Balaban J connectivity index is 1.71. The highest BCUT2D eigenvalue weighted by atomic mass is 32.1. The Morgan fingerprint density at radius 3 is 2.69 bits per heavy atom. The van der Waals surface area contributed by atoms with Crippen LogP contribution in [0.25, 0.3) is 16.0 Å². The van der Waals surface area contributed by atoms with Crippen LogP contribution in [0.3, 0.4) is 0 Å². The molecule has 36 heavy (non-hydrogen) atoms. The van der Waals surface area contributed by atoms with Gasteiger partial charge in [0.2, 0.25) is 0 Å². The number of rotatable bonds is 6. The molecule has 1 aliphatic rings. The van der Waals surface area contributed by atoms with Gasteiger partial charge in [0.25, 0.3) is 5.78 Å². The molecule has 0 saturated carbocycles. The number of fused-ring (bicyclic) bond motifs is 1. The van der Waals surface area contributed by atoms with Crippen molar-refractivity contribution >= 4 is 44.1 Å². The van der Waals surface area contributed by atoms with Crippen molar-refractivity contribution in [2.45, 2.75) is 13.0 Å². The minimum atomic E-state index is -0.969. The first-order valence-corrected chi connectivity index (χ1v) is 12.0. The highest BCUT2D eigenvalue weighted by Crippen LogP contribution is 2.44. The molecule has 1 saturated heterocycles. The molecular weight excluding hydrogens is 479 g/mol. The molecule has 2 heterocycles. The molecule has 0 bridgehead atoms. The zero-order valence-electron chi connectivity index (χ0n) is 19.3. The molecule has 180 valence electrons. The van der Waals surface area contributed by atoms with Gasteiger partial charge in [0.1, 0.15) is 23.9 Å². The van der Waals surface area contributed by atoms with Gasteiger partial charge in [-0.25, -0.2) is 9.37 Å². The van der Waals surface area contributed by atoms with Gasteiger partial charge in [-0.05, 0) is 42.8 Å². The molecule has 0 spiro atoms. The Labute approximate surface area is 210 Å². The number of ether oxygens (including phenoxy) is 1. The van der Waals surface area contributed by atoms with E-state index >= 15 is 0 Å². The van der Waals surface area contributed by atoms with E-state index in [-0.39, 0.29) is 23.1 Å². The summed E-state index contributed by atoms with van der Waals surface area (Å²) in [6, 6.07) is 17.1. The lowest BCUT2D eigenvalue weighted by atomic mass is 9.95. The minimum Gasteiger partial charge on any atom is -0.507 e. The zero-order chi connectivity index (χ0) is 25.4. The van der Waals surface area contributed by atoms with E-state index in [4.69, 9.17) is 4.74 Å². The standard InChI is InChI=1S/C28H21FN2O4S/c1-3-13-35-20-6-4-5-18(14-20)24-23(25(32)17-9-7-16(2)8-10-17)26(33)27(34)31(24)28-30-21-12-11-19(29)15-22(21)36-28/h3-12,14-15,24,32H,1,13H2,2H3. The number of halogens is 1. The van der Waals surface area contributed by atoms with Crippen LogP contribution in [0.5, 0.6) is 5.75 Å². The number of thiazole rings is 1. The number of hydrogen-bond donors (Lipinski definition) is 1.